The molecule has 0 N–H and O–H groups in total. The molecule has 0 aliphatic carbocycles. The molecule has 116 valence electrons. The fourth-order valence-electron chi connectivity index (χ4n) is 2.23. The van der Waals surface area contributed by atoms with Crippen molar-refractivity contribution in [3.8, 4) is 5.75 Å². The van der Waals surface area contributed by atoms with E-state index in [1.165, 1.54) is 0 Å². The molecule has 1 aromatic carbocycles. The zero-order valence-electron chi connectivity index (χ0n) is 12.4. The normalized spacial score (nSPS) is 24.9. The zero-order chi connectivity index (χ0) is 15.4. The van der Waals surface area contributed by atoms with Crippen molar-refractivity contribution in [2.45, 2.75) is 32.3 Å². The van der Waals surface area contributed by atoms with Gasteiger partial charge in [0.15, 0.2) is 6.29 Å². The summed E-state index contributed by atoms with van der Waals surface area (Å²) in [6.07, 6.45) is -0.465. The van der Waals surface area contributed by atoms with Crippen molar-refractivity contribution < 1.29 is 19.0 Å². The van der Waals surface area contributed by atoms with E-state index < -0.39 is 6.29 Å². The van der Waals surface area contributed by atoms with E-state index in [2.05, 4.69) is 0 Å². The molecule has 1 aliphatic heterocycles. The highest BCUT2D eigenvalue weighted by molar-refractivity contribution is 6.29. The molecule has 0 aromatic heterocycles. The first-order valence-corrected chi connectivity index (χ1v) is 7.40. The maximum atomic E-state index is 12.2. The summed E-state index contributed by atoms with van der Waals surface area (Å²) in [5, 5.41) is 0. The van der Waals surface area contributed by atoms with Crippen LogP contribution in [0.5, 0.6) is 5.75 Å². The molecule has 5 nitrogen and oxygen atoms in total. The Bertz CT molecular complexity index is 486. The SMILES string of the molecule is COc1ccccc1N(CC1OC(C)C(C)O1)C(=O)CCl. The molecule has 2 rings (SSSR count). The highest BCUT2D eigenvalue weighted by atomic mass is 35.5. The lowest BCUT2D eigenvalue weighted by atomic mass is 10.2. The van der Waals surface area contributed by atoms with E-state index in [0.29, 0.717) is 11.4 Å². The van der Waals surface area contributed by atoms with Gasteiger partial charge in [0, 0.05) is 0 Å². The van der Waals surface area contributed by atoms with E-state index in [9.17, 15) is 4.79 Å². The molecule has 0 radical (unpaired) electrons. The molecule has 21 heavy (non-hydrogen) atoms. The predicted octanol–water partition coefficient (Wildman–Crippen LogP) is 2.42. The Morgan fingerprint density at radius 3 is 2.48 bits per heavy atom. The Morgan fingerprint density at radius 1 is 1.29 bits per heavy atom. The summed E-state index contributed by atoms with van der Waals surface area (Å²) in [7, 11) is 1.56. The number of ether oxygens (including phenoxy) is 3. The summed E-state index contributed by atoms with van der Waals surface area (Å²) in [5.41, 5.74) is 0.657. The van der Waals surface area contributed by atoms with E-state index in [0.717, 1.165) is 0 Å². The maximum absolute atomic E-state index is 12.2. The molecule has 1 saturated heterocycles. The lowest BCUT2D eigenvalue weighted by Crippen LogP contribution is -2.39. The fraction of sp³-hybridized carbons (Fsp3) is 0.533. The number of para-hydroxylation sites is 2. The van der Waals surface area contributed by atoms with Gasteiger partial charge in [-0.05, 0) is 26.0 Å². The van der Waals surface area contributed by atoms with Crippen molar-refractivity contribution >= 4 is 23.2 Å². The first-order valence-electron chi connectivity index (χ1n) is 6.87. The smallest absolute Gasteiger partial charge is 0.242 e. The molecule has 1 heterocycles. The molecule has 1 aliphatic rings. The van der Waals surface area contributed by atoms with Gasteiger partial charge in [-0.3, -0.25) is 4.79 Å². The van der Waals surface area contributed by atoms with Gasteiger partial charge in [-0.1, -0.05) is 12.1 Å². The molecular weight excluding hydrogens is 294 g/mol. The molecule has 1 fully saturated rings. The van der Waals surface area contributed by atoms with Crippen molar-refractivity contribution in [2.75, 3.05) is 24.4 Å². The van der Waals surface area contributed by atoms with Crippen LogP contribution in [0.15, 0.2) is 24.3 Å². The van der Waals surface area contributed by atoms with Gasteiger partial charge in [0.2, 0.25) is 5.91 Å². The van der Waals surface area contributed by atoms with Gasteiger partial charge in [-0.15, -0.1) is 11.6 Å². The van der Waals surface area contributed by atoms with Crippen LogP contribution in [-0.2, 0) is 14.3 Å². The monoisotopic (exact) mass is 313 g/mol. The third-order valence-corrected chi connectivity index (χ3v) is 3.75. The van der Waals surface area contributed by atoms with Gasteiger partial charge in [0.05, 0.1) is 31.5 Å². The largest absolute Gasteiger partial charge is 0.495 e. The van der Waals surface area contributed by atoms with Crippen molar-refractivity contribution in [1.82, 2.24) is 0 Å². The summed E-state index contributed by atoms with van der Waals surface area (Å²) >= 11 is 5.72. The number of carbonyl (C=O) groups is 1. The van der Waals surface area contributed by atoms with Crippen LogP contribution >= 0.6 is 11.6 Å². The summed E-state index contributed by atoms with van der Waals surface area (Å²) < 4.78 is 16.7. The van der Waals surface area contributed by atoms with Gasteiger partial charge < -0.3 is 19.1 Å². The maximum Gasteiger partial charge on any atom is 0.242 e. The third kappa shape index (κ3) is 3.67. The number of alkyl halides is 1. The Labute approximate surface area is 129 Å². The first-order chi connectivity index (χ1) is 10.1. The van der Waals surface area contributed by atoms with Crippen molar-refractivity contribution in [3.63, 3.8) is 0 Å². The van der Waals surface area contributed by atoms with Gasteiger partial charge in [-0.25, -0.2) is 0 Å². The lowest BCUT2D eigenvalue weighted by Gasteiger charge is -2.26. The molecule has 2 atom stereocenters. The molecule has 1 amide bonds. The number of amides is 1. The van der Waals surface area contributed by atoms with Crippen molar-refractivity contribution in [1.29, 1.82) is 0 Å². The number of hydrogen-bond acceptors (Lipinski definition) is 4. The summed E-state index contributed by atoms with van der Waals surface area (Å²) in [6.45, 7) is 4.17. The van der Waals surface area contributed by atoms with Gasteiger partial charge in [-0.2, -0.15) is 0 Å². The number of halogens is 1. The van der Waals surface area contributed by atoms with Gasteiger partial charge in [0.25, 0.3) is 0 Å². The number of carbonyl (C=O) groups excluding carboxylic acids is 1. The number of rotatable bonds is 5. The summed E-state index contributed by atoms with van der Waals surface area (Å²) in [6, 6.07) is 7.29. The highest BCUT2D eigenvalue weighted by Crippen LogP contribution is 2.29. The minimum absolute atomic E-state index is 0.000576. The number of hydrogen-bond donors (Lipinski definition) is 0. The second-order valence-electron chi connectivity index (χ2n) is 4.92. The number of nitrogens with zero attached hydrogens (tertiary/aromatic N) is 1. The second-order valence-corrected chi connectivity index (χ2v) is 5.19. The van der Waals surface area contributed by atoms with Crippen LogP contribution in [0.3, 0.4) is 0 Å². The van der Waals surface area contributed by atoms with Gasteiger partial charge >= 0.3 is 0 Å². The van der Waals surface area contributed by atoms with Crippen LogP contribution in [0, 0.1) is 0 Å². The molecule has 0 spiro atoms. The Hall–Kier alpha value is -1.30. The standard InChI is InChI=1S/C15H20ClNO4/c1-10-11(2)21-15(20-10)9-17(14(18)8-16)12-6-4-5-7-13(12)19-3/h4-7,10-11,15H,8-9H2,1-3H3. The Kier molecular flexibility index (Phi) is 5.45. The number of anilines is 1. The molecule has 0 bridgehead atoms. The van der Waals surface area contributed by atoms with Crippen LogP contribution in [0.4, 0.5) is 5.69 Å². The highest BCUT2D eigenvalue weighted by Gasteiger charge is 2.33. The fourth-order valence-corrected chi connectivity index (χ4v) is 2.37. The number of methoxy groups -OCH3 is 1. The van der Waals surface area contributed by atoms with Crippen molar-refractivity contribution in [3.05, 3.63) is 24.3 Å². The van der Waals surface area contributed by atoms with E-state index in [-0.39, 0.29) is 30.5 Å². The zero-order valence-corrected chi connectivity index (χ0v) is 13.2. The van der Waals surface area contributed by atoms with E-state index >= 15 is 0 Å². The van der Waals surface area contributed by atoms with Crippen LogP contribution < -0.4 is 9.64 Å². The average molecular weight is 314 g/mol. The molecule has 2 unspecified atom stereocenters. The van der Waals surface area contributed by atoms with Crippen LogP contribution in [0.25, 0.3) is 0 Å². The van der Waals surface area contributed by atoms with Crippen LogP contribution in [-0.4, -0.2) is 43.9 Å². The third-order valence-electron chi connectivity index (χ3n) is 3.52. The Morgan fingerprint density at radius 2 is 1.90 bits per heavy atom. The van der Waals surface area contributed by atoms with Crippen molar-refractivity contribution in [2.24, 2.45) is 0 Å². The van der Waals surface area contributed by atoms with E-state index in [4.69, 9.17) is 25.8 Å². The topological polar surface area (TPSA) is 48.0 Å². The van der Waals surface area contributed by atoms with E-state index in [1.807, 2.05) is 32.0 Å². The summed E-state index contributed by atoms with van der Waals surface area (Å²) in [4.78, 5) is 13.7. The Balaban J connectivity index is 2.21. The molecule has 6 heteroatoms. The second kappa shape index (κ2) is 7.11. The van der Waals surface area contributed by atoms with Gasteiger partial charge in [0.1, 0.15) is 11.6 Å². The minimum Gasteiger partial charge on any atom is -0.495 e. The molecule has 1 aromatic rings. The molecular formula is C15H20ClNO4. The molecule has 0 saturated carbocycles. The van der Waals surface area contributed by atoms with Crippen LogP contribution in [0.2, 0.25) is 0 Å². The van der Waals surface area contributed by atoms with Crippen LogP contribution in [0.1, 0.15) is 13.8 Å². The van der Waals surface area contributed by atoms with E-state index in [1.54, 1.807) is 18.1 Å². The first kappa shape index (κ1) is 16.1. The predicted molar refractivity (Wildman–Crippen MR) is 80.9 cm³/mol. The quantitative estimate of drug-likeness (QED) is 0.783. The average Bonchev–Trinajstić information content (AvgIpc) is 2.82. The minimum atomic E-state index is -0.466. The summed E-state index contributed by atoms with van der Waals surface area (Å²) in [5.74, 6) is 0.270. The lowest BCUT2D eigenvalue weighted by molar-refractivity contribution is -0.118. The number of benzene rings is 1.